The van der Waals surface area contributed by atoms with Gasteiger partial charge in [0.05, 0.1) is 18.0 Å². The molecule has 2 aromatic carbocycles. The van der Waals surface area contributed by atoms with Crippen molar-refractivity contribution in [2.24, 2.45) is 5.92 Å². The zero-order valence-corrected chi connectivity index (χ0v) is 25.3. The number of likely N-dealkylation sites (tertiary alicyclic amines) is 1. The van der Waals surface area contributed by atoms with E-state index in [2.05, 4.69) is 32.0 Å². The van der Waals surface area contributed by atoms with Crippen molar-refractivity contribution in [3.63, 3.8) is 0 Å². The van der Waals surface area contributed by atoms with Crippen LogP contribution in [0.1, 0.15) is 50.9 Å². The molecule has 1 aliphatic carbocycles. The van der Waals surface area contributed by atoms with Crippen molar-refractivity contribution >= 4 is 33.1 Å². The largest absolute Gasteiger partial charge is 0.491 e. The number of piperidine rings is 1. The molecule has 2 fully saturated rings. The summed E-state index contributed by atoms with van der Waals surface area (Å²) >= 11 is 6.45. The van der Waals surface area contributed by atoms with Gasteiger partial charge in [-0.25, -0.2) is 23.1 Å². The molecular weight excluding hydrogens is 562 g/mol. The number of sulfonamides is 1. The van der Waals surface area contributed by atoms with Gasteiger partial charge in [0.2, 0.25) is 10.0 Å². The molecule has 9 nitrogen and oxygen atoms in total. The minimum Gasteiger partial charge on any atom is -0.491 e. The summed E-state index contributed by atoms with van der Waals surface area (Å²) in [5, 5.41) is 3.41. The second-order valence-electron chi connectivity index (χ2n) is 11.1. The van der Waals surface area contributed by atoms with Gasteiger partial charge in [-0.1, -0.05) is 29.8 Å². The molecule has 0 radical (unpaired) electrons. The highest BCUT2D eigenvalue weighted by Crippen LogP contribution is 2.32. The van der Waals surface area contributed by atoms with Crippen LogP contribution < -0.4 is 19.5 Å². The lowest BCUT2D eigenvalue weighted by Gasteiger charge is -2.29. The molecular formula is C30H38ClN5O4S. The Morgan fingerprint density at radius 2 is 1.85 bits per heavy atom. The van der Waals surface area contributed by atoms with Crippen LogP contribution in [-0.2, 0) is 16.4 Å². The van der Waals surface area contributed by atoms with Gasteiger partial charge in [-0.3, -0.25) is 0 Å². The van der Waals surface area contributed by atoms with E-state index in [1.54, 1.807) is 24.3 Å². The Bertz CT molecular complexity index is 1460. The first-order valence-electron chi connectivity index (χ1n) is 14.2. The Morgan fingerprint density at radius 1 is 1.10 bits per heavy atom. The highest BCUT2D eigenvalue weighted by Gasteiger charge is 2.26. The molecule has 1 aromatic heterocycles. The van der Waals surface area contributed by atoms with E-state index in [1.165, 1.54) is 6.20 Å². The lowest BCUT2D eigenvalue weighted by atomic mass is 10.1. The molecule has 41 heavy (non-hydrogen) atoms. The third kappa shape index (κ3) is 8.09. The number of nitrogens with one attached hydrogen (secondary N) is 2. The fourth-order valence-electron chi connectivity index (χ4n) is 4.72. The Hall–Kier alpha value is -2.92. The summed E-state index contributed by atoms with van der Waals surface area (Å²) in [5.74, 6) is 2.77. The smallest absolute Gasteiger partial charge is 0.242 e. The van der Waals surface area contributed by atoms with Crippen molar-refractivity contribution in [1.82, 2.24) is 19.6 Å². The van der Waals surface area contributed by atoms with Gasteiger partial charge in [0, 0.05) is 37.7 Å². The molecule has 5 rings (SSSR count). The van der Waals surface area contributed by atoms with Crippen molar-refractivity contribution in [2.45, 2.75) is 63.1 Å². The Kier molecular flexibility index (Phi) is 9.33. The van der Waals surface area contributed by atoms with Crippen LogP contribution in [0, 0.1) is 5.92 Å². The maximum Gasteiger partial charge on any atom is 0.242 e. The van der Waals surface area contributed by atoms with Crippen LogP contribution in [0.2, 0.25) is 5.02 Å². The minimum absolute atomic E-state index is 0.0253. The highest BCUT2D eigenvalue weighted by molar-refractivity contribution is 7.89. The number of ether oxygens (including phenoxy) is 2. The molecule has 0 spiro atoms. The van der Waals surface area contributed by atoms with Crippen LogP contribution >= 0.6 is 11.6 Å². The van der Waals surface area contributed by atoms with Crippen LogP contribution in [0.15, 0.2) is 53.6 Å². The van der Waals surface area contributed by atoms with Crippen LogP contribution in [0.25, 0.3) is 0 Å². The number of anilines is 2. The maximum atomic E-state index is 13.0. The van der Waals surface area contributed by atoms with Crippen molar-refractivity contribution in [1.29, 1.82) is 0 Å². The number of hydrogen-bond donors (Lipinski definition) is 2. The average molecular weight is 600 g/mol. The number of halogens is 1. The van der Waals surface area contributed by atoms with Gasteiger partial charge < -0.3 is 19.7 Å². The Labute approximate surface area is 247 Å². The van der Waals surface area contributed by atoms with Gasteiger partial charge in [-0.05, 0) is 70.7 Å². The summed E-state index contributed by atoms with van der Waals surface area (Å²) in [6.07, 6.45) is 6.18. The van der Waals surface area contributed by atoms with E-state index in [-0.39, 0.29) is 22.1 Å². The predicted molar refractivity (Wildman–Crippen MR) is 161 cm³/mol. The van der Waals surface area contributed by atoms with E-state index in [9.17, 15) is 8.42 Å². The lowest BCUT2D eigenvalue weighted by Crippen LogP contribution is -2.35. The quantitative estimate of drug-likeness (QED) is 0.285. The standard InChI is InChI=1S/C30H38ClN5O4S/c1-20(2)39-27-17-24(40-23-12-14-36(3)15-13-23)11-10-22(27)16-29-32-19-25(31)30(35-29)34-26-6-4-5-7-28(26)41(37,38)33-18-21-8-9-21/h4-7,10-11,17,19-21,23,33H,8-9,12-16,18H2,1-3H3,(H,32,34,35). The molecule has 3 aromatic rings. The Morgan fingerprint density at radius 3 is 2.59 bits per heavy atom. The summed E-state index contributed by atoms with van der Waals surface area (Å²) < 4.78 is 41.2. The van der Waals surface area contributed by atoms with E-state index in [0.717, 1.165) is 55.8 Å². The molecule has 0 atom stereocenters. The lowest BCUT2D eigenvalue weighted by molar-refractivity contribution is 0.114. The van der Waals surface area contributed by atoms with Crippen molar-refractivity contribution in [3.8, 4) is 11.5 Å². The van der Waals surface area contributed by atoms with Gasteiger partial charge in [0.15, 0.2) is 5.82 Å². The molecule has 2 N–H and O–H groups in total. The van der Waals surface area contributed by atoms with Gasteiger partial charge in [0.25, 0.3) is 0 Å². The molecule has 1 saturated carbocycles. The first-order chi connectivity index (χ1) is 19.7. The molecule has 11 heteroatoms. The van der Waals surface area contributed by atoms with E-state index < -0.39 is 10.0 Å². The van der Waals surface area contributed by atoms with Crippen molar-refractivity contribution in [3.05, 3.63) is 65.1 Å². The third-order valence-electron chi connectivity index (χ3n) is 7.20. The van der Waals surface area contributed by atoms with Crippen molar-refractivity contribution in [2.75, 3.05) is 32.0 Å². The third-order valence-corrected chi connectivity index (χ3v) is 8.96. The van der Waals surface area contributed by atoms with Gasteiger partial charge in [-0.15, -0.1) is 0 Å². The second-order valence-corrected chi connectivity index (χ2v) is 13.3. The summed E-state index contributed by atoms with van der Waals surface area (Å²) in [6.45, 7) is 6.46. The molecule has 220 valence electrons. The summed E-state index contributed by atoms with van der Waals surface area (Å²) in [5.41, 5.74) is 1.30. The first kappa shape index (κ1) is 29.6. The average Bonchev–Trinajstić information content (AvgIpc) is 3.77. The highest BCUT2D eigenvalue weighted by atomic mass is 35.5. The molecule has 1 saturated heterocycles. The van der Waals surface area contributed by atoms with Crippen LogP contribution in [0.5, 0.6) is 11.5 Å². The Balaban J connectivity index is 1.34. The number of hydrogen-bond acceptors (Lipinski definition) is 8. The van der Waals surface area contributed by atoms with Gasteiger partial charge in [-0.2, -0.15) is 0 Å². The fraction of sp³-hybridized carbons (Fsp3) is 0.467. The summed E-state index contributed by atoms with van der Waals surface area (Å²) in [4.78, 5) is 11.6. The van der Waals surface area contributed by atoms with Gasteiger partial charge >= 0.3 is 0 Å². The van der Waals surface area contributed by atoms with Gasteiger partial charge in [0.1, 0.15) is 33.3 Å². The van der Waals surface area contributed by atoms with Crippen molar-refractivity contribution < 1.29 is 17.9 Å². The van der Waals surface area contributed by atoms with E-state index in [0.29, 0.717) is 36.2 Å². The molecule has 0 unspecified atom stereocenters. The van der Waals surface area contributed by atoms with Crippen LogP contribution in [0.4, 0.5) is 11.5 Å². The number of nitrogens with zero attached hydrogens (tertiary/aromatic N) is 3. The molecule has 0 bridgehead atoms. The summed E-state index contributed by atoms with van der Waals surface area (Å²) in [7, 11) is -1.57. The normalized spacial score (nSPS) is 16.6. The predicted octanol–water partition coefficient (Wildman–Crippen LogP) is 5.41. The minimum atomic E-state index is -3.70. The number of benzene rings is 2. The first-order valence-corrected chi connectivity index (χ1v) is 16.0. The van der Waals surface area contributed by atoms with E-state index >= 15 is 0 Å². The monoisotopic (exact) mass is 599 g/mol. The molecule has 1 aliphatic heterocycles. The van der Waals surface area contributed by atoms with E-state index in [4.69, 9.17) is 21.1 Å². The number of rotatable bonds is 12. The summed E-state index contributed by atoms with van der Waals surface area (Å²) in [6, 6.07) is 12.6. The number of para-hydroxylation sites is 1. The molecule has 0 amide bonds. The molecule has 2 aliphatic rings. The topological polar surface area (TPSA) is 106 Å². The maximum absolute atomic E-state index is 13.0. The molecule has 2 heterocycles. The van der Waals surface area contributed by atoms with E-state index in [1.807, 2.05) is 32.0 Å². The zero-order valence-electron chi connectivity index (χ0n) is 23.8. The zero-order chi connectivity index (χ0) is 29.0. The second kappa shape index (κ2) is 12.9. The van der Waals surface area contributed by atoms with Crippen LogP contribution in [-0.4, -0.2) is 62.2 Å². The fourth-order valence-corrected chi connectivity index (χ4v) is 6.13. The number of aromatic nitrogens is 2. The SMILES string of the molecule is CC(C)Oc1cc(OC2CCN(C)CC2)ccc1Cc1ncc(Cl)c(Nc2ccccc2S(=O)(=O)NCC2CC2)n1. The van der Waals surface area contributed by atoms with Crippen LogP contribution in [0.3, 0.4) is 0 Å².